The fraction of sp³-hybridized carbons (Fsp3) is 0.526. The zero-order valence-electron chi connectivity index (χ0n) is 14.5. The summed E-state index contributed by atoms with van der Waals surface area (Å²) < 4.78 is 28.7. The molecule has 2 heterocycles. The van der Waals surface area contributed by atoms with Crippen molar-refractivity contribution in [3.63, 3.8) is 0 Å². The van der Waals surface area contributed by atoms with E-state index in [1.807, 2.05) is 19.4 Å². The molecule has 1 N–H and O–H groups in total. The number of halogens is 2. The number of aryl methyl sites for hydroxylation is 1. The van der Waals surface area contributed by atoms with Crippen molar-refractivity contribution < 1.29 is 8.78 Å². The number of anilines is 1. The molecule has 1 atom stereocenters. The summed E-state index contributed by atoms with van der Waals surface area (Å²) >= 11 is 0. The lowest BCUT2D eigenvalue weighted by atomic mass is 10.0. The molecule has 1 aromatic carbocycles. The number of hydrogen-bond acceptors (Lipinski definition) is 3. The highest BCUT2D eigenvalue weighted by Gasteiger charge is 2.36. The summed E-state index contributed by atoms with van der Waals surface area (Å²) in [6.45, 7) is 1.70. The van der Waals surface area contributed by atoms with Crippen LogP contribution in [0.3, 0.4) is 0 Å². The van der Waals surface area contributed by atoms with Gasteiger partial charge in [-0.1, -0.05) is 0 Å². The van der Waals surface area contributed by atoms with Crippen LogP contribution in [0.1, 0.15) is 37.5 Å². The van der Waals surface area contributed by atoms with Gasteiger partial charge >= 0.3 is 0 Å². The Kier molecular flexibility index (Phi) is 4.46. The Bertz CT molecular complexity index is 733. The third-order valence-corrected chi connectivity index (χ3v) is 5.41. The molecule has 0 radical (unpaired) electrons. The maximum absolute atomic E-state index is 13.5. The van der Waals surface area contributed by atoms with E-state index >= 15 is 0 Å². The topological polar surface area (TPSA) is 33.1 Å². The maximum atomic E-state index is 13.5. The van der Waals surface area contributed by atoms with Crippen LogP contribution in [0.5, 0.6) is 0 Å². The molecule has 4 rings (SSSR count). The predicted molar refractivity (Wildman–Crippen MR) is 93.4 cm³/mol. The second-order valence-corrected chi connectivity index (χ2v) is 7.24. The van der Waals surface area contributed by atoms with E-state index in [-0.39, 0.29) is 0 Å². The molecule has 1 saturated heterocycles. The minimum absolute atomic E-state index is 0.319. The van der Waals surface area contributed by atoms with Gasteiger partial charge in [0.25, 0.3) is 0 Å². The number of hydrogen-bond donors (Lipinski definition) is 1. The van der Waals surface area contributed by atoms with Gasteiger partial charge in [0.1, 0.15) is 5.82 Å². The van der Waals surface area contributed by atoms with E-state index in [1.54, 1.807) is 6.07 Å². The van der Waals surface area contributed by atoms with Gasteiger partial charge in [-0.15, -0.1) is 0 Å². The van der Waals surface area contributed by atoms with Crippen molar-refractivity contribution in [3.8, 4) is 0 Å². The van der Waals surface area contributed by atoms with Gasteiger partial charge in [0, 0.05) is 50.3 Å². The van der Waals surface area contributed by atoms with Crippen LogP contribution in [-0.2, 0) is 7.05 Å². The van der Waals surface area contributed by atoms with E-state index in [9.17, 15) is 8.78 Å². The number of aromatic nitrogens is 2. The van der Waals surface area contributed by atoms with Crippen molar-refractivity contribution in [2.75, 3.05) is 18.0 Å². The molecule has 1 aliphatic heterocycles. The highest BCUT2D eigenvalue weighted by Crippen LogP contribution is 2.41. The van der Waals surface area contributed by atoms with E-state index < -0.39 is 11.6 Å². The second-order valence-electron chi connectivity index (χ2n) is 7.24. The number of rotatable bonds is 5. The summed E-state index contributed by atoms with van der Waals surface area (Å²) in [6.07, 6.45) is 8.37. The Labute approximate surface area is 146 Å². The molecule has 0 spiro atoms. The molecule has 2 fully saturated rings. The molecule has 1 unspecified atom stereocenters. The summed E-state index contributed by atoms with van der Waals surface area (Å²) in [4.78, 5) is 6.67. The fourth-order valence-electron chi connectivity index (χ4n) is 3.77. The predicted octanol–water partition coefficient (Wildman–Crippen LogP) is 3.41. The van der Waals surface area contributed by atoms with Gasteiger partial charge in [-0.05, 0) is 43.7 Å². The molecule has 2 aliphatic rings. The smallest absolute Gasteiger partial charge is 0.160 e. The molecule has 1 saturated carbocycles. The first-order valence-corrected chi connectivity index (χ1v) is 9.05. The van der Waals surface area contributed by atoms with Gasteiger partial charge < -0.3 is 14.8 Å². The van der Waals surface area contributed by atoms with Crippen LogP contribution in [0.15, 0.2) is 30.6 Å². The van der Waals surface area contributed by atoms with E-state index in [0.29, 0.717) is 18.0 Å². The zero-order chi connectivity index (χ0) is 17.4. The van der Waals surface area contributed by atoms with Crippen molar-refractivity contribution in [3.05, 3.63) is 48.1 Å². The number of nitrogens with one attached hydrogen (secondary N) is 1. The van der Waals surface area contributed by atoms with Crippen LogP contribution in [-0.4, -0.2) is 28.7 Å². The molecule has 134 valence electrons. The monoisotopic (exact) mass is 346 g/mol. The van der Waals surface area contributed by atoms with Crippen molar-refractivity contribution in [1.29, 1.82) is 0 Å². The third kappa shape index (κ3) is 3.54. The van der Waals surface area contributed by atoms with E-state index in [2.05, 4.69) is 19.8 Å². The first-order chi connectivity index (χ1) is 12.1. The lowest BCUT2D eigenvalue weighted by Gasteiger charge is -2.36. The van der Waals surface area contributed by atoms with Gasteiger partial charge in [0.15, 0.2) is 11.6 Å². The Morgan fingerprint density at radius 3 is 2.48 bits per heavy atom. The Hall–Kier alpha value is -1.95. The highest BCUT2D eigenvalue weighted by molar-refractivity contribution is 5.47. The van der Waals surface area contributed by atoms with Crippen LogP contribution < -0.4 is 10.2 Å². The molecule has 0 bridgehead atoms. The van der Waals surface area contributed by atoms with Crippen molar-refractivity contribution in [2.45, 2.75) is 37.8 Å². The normalized spacial score (nSPS) is 20.0. The van der Waals surface area contributed by atoms with Gasteiger partial charge in [-0.25, -0.2) is 13.8 Å². The Morgan fingerprint density at radius 1 is 1.12 bits per heavy atom. The first-order valence-electron chi connectivity index (χ1n) is 9.05. The average molecular weight is 346 g/mol. The number of nitrogens with zero attached hydrogens (tertiary/aromatic N) is 3. The lowest BCUT2D eigenvalue weighted by Crippen LogP contribution is -2.44. The van der Waals surface area contributed by atoms with E-state index in [0.717, 1.165) is 37.4 Å². The summed E-state index contributed by atoms with van der Waals surface area (Å²) in [5, 5.41) is 3.81. The summed E-state index contributed by atoms with van der Waals surface area (Å²) in [7, 11) is 2.05. The molecule has 1 aromatic heterocycles. The Balaban J connectivity index is 1.38. The largest absolute Gasteiger partial charge is 0.371 e. The molecule has 4 nitrogen and oxygen atoms in total. The Morgan fingerprint density at radius 2 is 1.88 bits per heavy atom. The highest BCUT2D eigenvalue weighted by atomic mass is 19.2. The van der Waals surface area contributed by atoms with Gasteiger partial charge in [-0.3, -0.25) is 0 Å². The molecule has 2 aromatic rings. The number of benzene rings is 1. The van der Waals surface area contributed by atoms with Crippen LogP contribution in [0, 0.1) is 17.6 Å². The molecule has 6 heteroatoms. The van der Waals surface area contributed by atoms with Crippen molar-refractivity contribution in [2.24, 2.45) is 13.0 Å². The van der Waals surface area contributed by atoms with Crippen LogP contribution in [0.2, 0.25) is 0 Å². The van der Waals surface area contributed by atoms with Crippen LogP contribution in [0.25, 0.3) is 0 Å². The zero-order valence-corrected chi connectivity index (χ0v) is 14.5. The average Bonchev–Trinajstić information content (AvgIpc) is 3.37. The van der Waals surface area contributed by atoms with Gasteiger partial charge in [0.2, 0.25) is 0 Å². The quantitative estimate of drug-likeness (QED) is 0.901. The van der Waals surface area contributed by atoms with E-state index in [4.69, 9.17) is 0 Å². The summed E-state index contributed by atoms with van der Waals surface area (Å²) in [6, 6.07) is 4.92. The minimum Gasteiger partial charge on any atom is -0.371 e. The molecule has 1 aliphatic carbocycles. The SMILES string of the molecule is Cn1ccnc1C(NC1CCN(c2ccc(F)c(F)c2)CC1)C1CC1. The standard InChI is InChI=1S/C19H24F2N4/c1-24-11-8-22-19(24)18(13-2-3-13)23-14-6-9-25(10-7-14)15-4-5-16(20)17(21)12-15/h4-5,8,11-14,18,23H,2-3,6-7,9-10H2,1H3. The number of imidazole rings is 1. The summed E-state index contributed by atoms with van der Waals surface area (Å²) in [5.41, 5.74) is 0.764. The third-order valence-electron chi connectivity index (χ3n) is 5.41. The molecular formula is C19H24F2N4. The van der Waals surface area contributed by atoms with Crippen LogP contribution in [0.4, 0.5) is 14.5 Å². The first kappa shape index (κ1) is 16.5. The maximum Gasteiger partial charge on any atom is 0.160 e. The van der Waals surface area contributed by atoms with Gasteiger partial charge in [-0.2, -0.15) is 0 Å². The fourth-order valence-corrected chi connectivity index (χ4v) is 3.77. The number of piperidine rings is 1. The van der Waals surface area contributed by atoms with E-state index in [1.165, 1.54) is 25.0 Å². The molecular weight excluding hydrogens is 322 g/mol. The van der Waals surface area contributed by atoms with Crippen molar-refractivity contribution in [1.82, 2.24) is 14.9 Å². The van der Waals surface area contributed by atoms with Crippen LogP contribution >= 0.6 is 0 Å². The van der Waals surface area contributed by atoms with Gasteiger partial charge in [0.05, 0.1) is 6.04 Å². The summed E-state index contributed by atoms with van der Waals surface area (Å²) in [5.74, 6) is 0.236. The molecule has 0 amide bonds. The minimum atomic E-state index is -0.789. The molecule has 25 heavy (non-hydrogen) atoms. The lowest BCUT2D eigenvalue weighted by molar-refractivity contribution is 0.336. The second kappa shape index (κ2) is 6.75. The van der Waals surface area contributed by atoms with Crippen molar-refractivity contribution >= 4 is 5.69 Å².